The summed E-state index contributed by atoms with van der Waals surface area (Å²) in [7, 11) is 0. The van der Waals surface area contributed by atoms with E-state index in [4.69, 9.17) is 5.11 Å². The second-order valence-corrected chi connectivity index (χ2v) is 5.32. The molecule has 0 radical (unpaired) electrons. The van der Waals surface area contributed by atoms with Crippen LogP contribution in [0.25, 0.3) is 5.69 Å². The van der Waals surface area contributed by atoms with Gasteiger partial charge in [0.15, 0.2) is 0 Å². The first-order chi connectivity index (χ1) is 11.5. The third kappa shape index (κ3) is 3.70. The summed E-state index contributed by atoms with van der Waals surface area (Å²) in [5.74, 6) is -0.789. The van der Waals surface area contributed by atoms with Crippen molar-refractivity contribution < 1.29 is 9.90 Å². The molecule has 2 aromatic rings. The zero-order chi connectivity index (χ0) is 17.7. The quantitative estimate of drug-likeness (QED) is 0.790. The summed E-state index contributed by atoms with van der Waals surface area (Å²) in [5, 5.41) is 8.98. The zero-order valence-electron chi connectivity index (χ0n) is 13.7. The van der Waals surface area contributed by atoms with Crippen molar-refractivity contribution >= 4 is 11.9 Å². The lowest BCUT2D eigenvalue weighted by Crippen LogP contribution is -2.39. The second kappa shape index (κ2) is 7.58. The van der Waals surface area contributed by atoms with E-state index in [1.807, 2.05) is 18.7 Å². The van der Waals surface area contributed by atoms with E-state index in [0.717, 1.165) is 12.8 Å². The number of aromatic amines is 1. The van der Waals surface area contributed by atoms with Crippen LogP contribution < -0.4 is 16.3 Å². The molecule has 0 spiro atoms. The van der Waals surface area contributed by atoms with Gasteiger partial charge in [-0.2, -0.15) is 4.98 Å². The summed E-state index contributed by atoms with van der Waals surface area (Å²) in [5.41, 5.74) is -0.749. The highest BCUT2D eigenvalue weighted by molar-refractivity contribution is 5.87. The molecule has 0 saturated heterocycles. The summed E-state index contributed by atoms with van der Waals surface area (Å²) >= 11 is 0. The second-order valence-electron chi connectivity index (χ2n) is 5.32. The summed E-state index contributed by atoms with van der Waals surface area (Å²) in [4.78, 5) is 42.9. The van der Waals surface area contributed by atoms with Gasteiger partial charge in [0.25, 0.3) is 0 Å². The Labute approximate surface area is 138 Å². The normalized spacial score (nSPS) is 10.6. The fraction of sp³-hybridized carbons (Fsp3) is 0.375. The molecular formula is C16H20N4O4. The van der Waals surface area contributed by atoms with E-state index in [9.17, 15) is 14.4 Å². The van der Waals surface area contributed by atoms with E-state index in [1.165, 1.54) is 28.8 Å². The van der Waals surface area contributed by atoms with E-state index in [2.05, 4.69) is 9.97 Å². The molecule has 1 heterocycles. The van der Waals surface area contributed by atoms with Crippen LogP contribution in [0.3, 0.4) is 0 Å². The molecule has 24 heavy (non-hydrogen) atoms. The fourth-order valence-corrected chi connectivity index (χ4v) is 2.46. The maximum atomic E-state index is 12.3. The van der Waals surface area contributed by atoms with Gasteiger partial charge in [0.2, 0.25) is 5.95 Å². The summed E-state index contributed by atoms with van der Waals surface area (Å²) < 4.78 is 1.29. The van der Waals surface area contributed by atoms with Gasteiger partial charge in [-0.15, -0.1) is 0 Å². The molecule has 8 heteroatoms. The lowest BCUT2D eigenvalue weighted by Gasteiger charge is -2.24. The van der Waals surface area contributed by atoms with Gasteiger partial charge in [-0.05, 0) is 37.1 Å². The van der Waals surface area contributed by atoms with E-state index >= 15 is 0 Å². The van der Waals surface area contributed by atoms with Crippen molar-refractivity contribution in [2.45, 2.75) is 26.7 Å². The smallest absolute Gasteiger partial charge is 0.352 e. The van der Waals surface area contributed by atoms with Gasteiger partial charge in [-0.25, -0.2) is 19.0 Å². The third-order valence-electron chi connectivity index (χ3n) is 3.46. The van der Waals surface area contributed by atoms with Crippen LogP contribution in [0.2, 0.25) is 0 Å². The van der Waals surface area contributed by atoms with Gasteiger partial charge in [-0.3, -0.25) is 4.98 Å². The Morgan fingerprint density at radius 3 is 2.25 bits per heavy atom. The summed E-state index contributed by atoms with van der Waals surface area (Å²) in [6.45, 7) is 5.30. The standard InChI is InChI=1S/C16H20N4O4/c1-3-9-19(10-4-2)15-17-14(23)18-16(24)20(15)12-7-5-11(6-8-12)13(21)22/h5-8H,3-4,9-10H2,1-2H3,(H,21,22)(H,18,23,24). The van der Waals surface area contributed by atoms with Crippen molar-refractivity contribution in [3.05, 3.63) is 50.8 Å². The van der Waals surface area contributed by atoms with Crippen molar-refractivity contribution in [2.24, 2.45) is 0 Å². The molecular weight excluding hydrogens is 312 g/mol. The predicted molar refractivity (Wildman–Crippen MR) is 90.2 cm³/mol. The molecule has 1 aromatic heterocycles. The predicted octanol–water partition coefficient (Wildman–Crippen LogP) is 1.25. The van der Waals surface area contributed by atoms with Gasteiger partial charge in [-0.1, -0.05) is 13.8 Å². The van der Waals surface area contributed by atoms with Crippen LogP contribution in [-0.2, 0) is 0 Å². The van der Waals surface area contributed by atoms with E-state index in [1.54, 1.807) is 0 Å². The molecule has 128 valence electrons. The Kier molecular flexibility index (Phi) is 5.51. The number of aromatic carboxylic acids is 1. The number of benzene rings is 1. The molecule has 8 nitrogen and oxygen atoms in total. The van der Waals surface area contributed by atoms with Crippen molar-refractivity contribution in [1.29, 1.82) is 0 Å². The summed E-state index contributed by atoms with van der Waals surface area (Å²) in [6, 6.07) is 5.85. The highest BCUT2D eigenvalue weighted by Gasteiger charge is 2.16. The average Bonchev–Trinajstić information content (AvgIpc) is 2.54. The van der Waals surface area contributed by atoms with Crippen LogP contribution >= 0.6 is 0 Å². The molecule has 0 bridgehead atoms. The SMILES string of the molecule is CCCN(CCC)c1nc(=O)[nH]c(=O)n1-c1ccc(C(=O)O)cc1. The number of hydrogen-bond donors (Lipinski definition) is 2. The summed E-state index contributed by atoms with van der Waals surface area (Å²) in [6.07, 6.45) is 1.67. The Morgan fingerprint density at radius 2 is 1.75 bits per heavy atom. The van der Waals surface area contributed by atoms with Crippen LogP contribution in [0.4, 0.5) is 5.95 Å². The van der Waals surface area contributed by atoms with Crippen LogP contribution in [-0.4, -0.2) is 38.7 Å². The zero-order valence-corrected chi connectivity index (χ0v) is 13.7. The molecule has 0 atom stereocenters. The lowest BCUT2D eigenvalue weighted by atomic mass is 10.2. The van der Waals surface area contributed by atoms with Crippen molar-refractivity contribution in [3.63, 3.8) is 0 Å². The minimum absolute atomic E-state index is 0.115. The van der Waals surface area contributed by atoms with E-state index in [0.29, 0.717) is 18.8 Å². The molecule has 0 fully saturated rings. The van der Waals surface area contributed by atoms with Crippen molar-refractivity contribution in [2.75, 3.05) is 18.0 Å². The number of anilines is 1. The van der Waals surface area contributed by atoms with E-state index in [-0.39, 0.29) is 11.5 Å². The third-order valence-corrected chi connectivity index (χ3v) is 3.46. The van der Waals surface area contributed by atoms with Gasteiger partial charge in [0.05, 0.1) is 11.3 Å². The lowest BCUT2D eigenvalue weighted by molar-refractivity contribution is 0.0697. The first-order valence-electron chi connectivity index (χ1n) is 7.80. The minimum Gasteiger partial charge on any atom is -0.478 e. The topological polar surface area (TPSA) is 108 Å². The number of H-pyrrole nitrogens is 1. The van der Waals surface area contributed by atoms with Crippen molar-refractivity contribution in [1.82, 2.24) is 14.5 Å². The number of nitrogens with one attached hydrogen (secondary N) is 1. The molecule has 2 N–H and O–H groups in total. The number of hydrogen-bond acceptors (Lipinski definition) is 5. The van der Waals surface area contributed by atoms with Gasteiger partial charge in [0, 0.05) is 13.1 Å². The Morgan fingerprint density at radius 1 is 1.17 bits per heavy atom. The number of rotatable bonds is 7. The number of carboxylic acids is 1. The Hall–Kier alpha value is -2.90. The van der Waals surface area contributed by atoms with Gasteiger partial charge in [0.1, 0.15) is 0 Å². The molecule has 0 aliphatic carbocycles. The number of aromatic nitrogens is 3. The molecule has 0 aliphatic rings. The molecule has 1 aromatic carbocycles. The van der Waals surface area contributed by atoms with Gasteiger partial charge < -0.3 is 10.0 Å². The number of carboxylic acid groups (broad SMARTS) is 1. The Balaban J connectivity index is 2.61. The first kappa shape index (κ1) is 17.5. The maximum absolute atomic E-state index is 12.3. The van der Waals surface area contributed by atoms with Crippen molar-refractivity contribution in [3.8, 4) is 5.69 Å². The fourth-order valence-electron chi connectivity index (χ4n) is 2.46. The monoisotopic (exact) mass is 332 g/mol. The van der Waals surface area contributed by atoms with Crippen LogP contribution in [0, 0.1) is 0 Å². The first-order valence-corrected chi connectivity index (χ1v) is 7.80. The van der Waals surface area contributed by atoms with Crippen LogP contribution in [0.5, 0.6) is 0 Å². The highest BCUT2D eigenvalue weighted by atomic mass is 16.4. The molecule has 2 rings (SSSR count). The Bertz CT molecular complexity index is 817. The number of nitrogens with zero attached hydrogens (tertiary/aromatic N) is 3. The minimum atomic E-state index is -1.05. The molecule has 0 unspecified atom stereocenters. The molecule has 0 saturated carbocycles. The number of carbonyl (C=O) groups is 1. The van der Waals surface area contributed by atoms with Gasteiger partial charge >= 0.3 is 17.3 Å². The van der Waals surface area contributed by atoms with E-state index < -0.39 is 17.3 Å². The van der Waals surface area contributed by atoms with Crippen LogP contribution in [0.15, 0.2) is 33.9 Å². The highest BCUT2D eigenvalue weighted by Crippen LogP contribution is 2.15. The van der Waals surface area contributed by atoms with Crippen LogP contribution in [0.1, 0.15) is 37.0 Å². The molecule has 0 aliphatic heterocycles. The maximum Gasteiger partial charge on any atom is 0.352 e. The molecule has 0 amide bonds. The average molecular weight is 332 g/mol. The largest absolute Gasteiger partial charge is 0.478 e.